The van der Waals surface area contributed by atoms with Crippen molar-refractivity contribution in [2.45, 2.75) is 25.6 Å². The first-order valence-electron chi connectivity index (χ1n) is 11.6. The van der Waals surface area contributed by atoms with Crippen molar-refractivity contribution in [1.29, 1.82) is 0 Å². The van der Waals surface area contributed by atoms with Gasteiger partial charge in [-0.05, 0) is 77.4 Å². The monoisotopic (exact) mass is 524 g/mol. The average Bonchev–Trinajstić information content (AvgIpc) is 3.28. The van der Waals surface area contributed by atoms with E-state index in [0.29, 0.717) is 11.1 Å². The molecule has 5 rings (SSSR count). The molecule has 0 saturated heterocycles. The van der Waals surface area contributed by atoms with Crippen LogP contribution in [-0.4, -0.2) is 20.6 Å². The third-order valence-corrected chi connectivity index (χ3v) is 7.69. The highest BCUT2D eigenvalue weighted by Crippen LogP contribution is 2.35. The minimum atomic E-state index is -4.52. The first-order valence-corrected chi connectivity index (χ1v) is 13.4. The molecule has 1 aliphatic carbocycles. The van der Waals surface area contributed by atoms with E-state index >= 15 is 0 Å². The van der Waals surface area contributed by atoms with Crippen LogP contribution in [0.1, 0.15) is 32.6 Å². The number of sulfonamides is 1. The summed E-state index contributed by atoms with van der Waals surface area (Å²) < 4.78 is 64.5. The molecule has 0 fully saturated rings. The Balaban J connectivity index is 1.34. The Kier molecular flexibility index (Phi) is 6.19. The van der Waals surface area contributed by atoms with Crippen LogP contribution in [0.5, 0.6) is 0 Å². The van der Waals surface area contributed by atoms with Crippen LogP contribution >= 0.6 is 0 Å². The Hall–Kier alpha value is -3.85. The van der Waals surface area contributed by atoms with E-state index in [1.165, 1.54) is 16.5 Å². The van der Waals surface area contributed by atoms with E-state index in [9.17, 15) is 26.4 Å². The minimum absolute atomic E-state index is 0.0963. The maximum Gasteiger partial charge on any atom is 0.416 e. The molecule has 0 unspecified atom stereocenters. The fraction of sp³-hybridized carbons (Fsp3) is 0.179. The molecule has 0 bridgehead atoms. The third-order valence-electron chi connectivity index (χ3n) is 6.55. The lowest BCUT2D eigenvalue weighted by molar-refractivity contribution is -0.137. The summed E-state index contributed by atoms with van der Waals surface area (Å²) in [5.74, 6) is -0.298. The number of carbonyl (C=O) groups is 1. The molecule has 4 aromatic rings. The molecule has 0 spiro atoms. The summed E-state index contributed by atoms with van der Waals surface area (Å²) in [4.78, 5) is 13.0. The molecule has 0 saturated carbocycles. The van der Waals surface area contributed by atoms with Gasteiger partial charge in [-0.1, -0.05) is 36.4 Å². The third kappa shape index (κ3) is 5.04. The molecule has 0 atom stereocenters. The van der Waals surface area contributed by atoms with Gasteiger partial charge in [0.2, 0.25) is 10.0 Å². The summed E-state index contributed by atoms with van der Waals surface area (Å²) in [6.45, 7) is -0.0963. The van der Waals surface area contributed by atoms with E-state index < -0.39 is 21.8 Å². The standard InChI is InChI=1S/C28H23F3N2O3S/c1-37(35,36)33(23-14-12-22(13-15-23)28(29,30)31)17-18-5-7-21(8-6-18)27(34)32-25-16-11-20-10-9-19-3-2-4-24(25)26(19)20/h2-8,11-16H,9-10,17H2,1H3,(H,32,34). The second-order valence-corrected chi connectivity index (χ2v) is 11.0. The molecule has 1 amide bonds. The van der Waals surface area contributed by atoms with Crippen LogP contribution in [0, 0.1) is 0 Å². The van der Waals surface area contributed by atoms with Gasteiger partial charge in [0, 0.05) is 16.6 Å². The van der Waals surface area contributed by atoms with Gasteiger partial charge >= 0.3 is 6.18 Å². The summed E-state index contributed by atoms with van der Waals surface area (Å²) in [7, 11) is -3.78. The smallest absolute Gasteiger partial charge is 0.321 e. The van der Waals surface area contributed by atoms with Gasteiger partial charge in [-0.15, -0.1) is 0 Å². The fourth-order valence-corrected chi connectivity index (χ4v) is 5.58. The normalized spacial score (nSPS) is 13.1. The van der Waals surface area contributed by atoms with Gasteiger partial charge in [0.15, 0.2) is 0 Å². The highest BCUT2D eigenvalue weighted by Gasteiger charge is 2.30. The topological polar surface area (TPSA) is 66.5 Å². The number of rotatable bonds is 6. The van der Waals surface area contributed by atoms with Gasteiger partial charge in [0.25, 0.3) is 5.91 Å². The van der Waals surface area contributed by atoms with E-state index in [-0.39, 0.29) is 18.1 Å². The molecule has 0 aromatic heterocycles. The predicted molar refractivity (Wildman–Crippen MR) is 138 cm³/mol. The maximum atomic E-state index is 13.0. The first kappa shape index (κ1) is 24.8. The second-order valence-electron chi connectivity index (χ2n) is 9.08. The van der Waals surface area contributed by atoms with Crippen molar-refractivity contribution in [3.05, 3.63) is 107 Å². The lowest BCUT2D eigenvalue weighted by Crippen LogP contribution is -2.29. The van der Waals surface area contributed by atoms with Crippen LogP contribution in [0.2, 0.25) is 0 Å². The molecule has 9 heteroatoms. The van der Waals surface area contributed by atoms with E-state index in [0.717, 1.165) is 58.7 Å². The largest absolute Gasteiger partial charge is 0.416 e. The van der Waals surface area contributed by atoms with Gasteiger partial charge in [0.1, 0.15) is 0 Å². The van der Waals surface area contributed by atoms with Crippen LogP contribution in [0.3, 0.4) is 0 Å². The number of hydrogen-bond acceptors (Lipinski definition) is 3. The molecule has 190 valence electrons. The number of nitrogens with one attached hydrogen (secondary N) is 1. The molecule has 5 nitrogen and oxygen atoms in total. The number of alkyl halides is 3. The van der Waals surface area contributed by atoms with Crippen LogP contribution in [0.4, 0.5) is 24.5 Å². The highest BCUT2D eigenvalue weighted by atomic mass is 32.2. The number of hydrogen-bond donors (Lipinski definition) is 1. The summed E-state index contributed by atoms with van der Waals surface area (Å²) in [6.07, 6.45) is -1.55. The van der Waals surface area contributed by atoms with Gasteiger partial charge in [-0.25, -0.2) is 8.42 Å². The van der Waals surface area contributed by atoms with Gasteiger partial charge in [0.05, 0.1) is 24.1 Å². The minimum Gasteiger partial charge on any atom is -0.321 e. The Morgan fingerprint density at radius 1 is 0.892 bits per heavy atom. The van der Waals surface area contributed by atoms with Crippen molar-refractivity contribution in [2.75, 3.05) is 15.9 Å². The van der Waals surface area contributed by atoms with Crippen molar-refractivity contribution >= 4 is 38.1 Å². The summed E-state index contributed by atoms with van der Waals surface area (Å²) in [5, 5.41) is 5.17. The Morgan fingerprint density at radius 3 is 2.16 bits per heavy atom. The quantitative estimate of drug-likeness (QED) is 0.328. The molecule has 1 aliphatic rings. The Bertz CT molecular complexity index is 1590. The summed E-state index contributed by atoms with van der Waals surface area (Å²) in [6, 6.07) is 20.4. The molecule has 0 aliphatic heterocycles. The number of carbonyl (C=O) groups excluding carboxylic acids is 1. The van der Waals surface area contributed by atoms with E-state index in [4.69, 9.17) is 0 Å². The highest BCUT2D eigenvalue weighted by molar-refractivity contribution is 7.92. The predicted octanol–water partition coefficient (Wildman–Crippen LogP) is 6.18. The molecule has 0 radical (unpaired) electrons. The van der Waals surface area contributed by atoms with Crippen molar-refractivity contribution in [1.82, 2.24) is 0 Å². The number of halogens is 3. The fourth-order valence-electron chi connectivity index (χ4n) is 4.69. The first-order chi connectivity index (χ1) is 17.5. The van der Waals surface area contributed by atoms with Crippen molar-refractivity contribution in [2.24, 2.45) is 0 Å². The number of aryl methyl sites for hydroxylation is 2. The van der Waals surface area contributed by atoms with Crippen LogP contribution in [0.25, 0.3) is 10.8 Å². The Labute approximate surface area is 212 Å². The molecular formula is C28H23F3N2O3S. The lowest BCUT2D eigenvalue weighted by atomic mass is 10.0. The Morgan fingerprint density at radius 2 is 1.54 bits per heavy atom. The molecule has 1 N–H and O–H groups in total. The zero-order valence-electron chi connectivity index (χ0n) is 19.8. The number of benzene rings is 4. The van der Waals surface area contributed by atoms with E-state index in [1.807, 2.05) is 24.3 Å². The van der Waals surface area contributed by atoms with Crippen LogP contribution < -0.4 is 9.62 Å². The van der Waals surface area contributed by atoms with Crippen molar-refractivity contribution in [3.8, 4) is 0 Å². The summed E-state index contributed by atoms with van der Waals surface area (Å²) >= 11 is 0. The average molecular weight is 525 g/mol. The summed E-state index contributed by atoms with van der Waals surface area (Å²) in [5.41, 5.74) is 3.50. The van der Waals surface area contributed by atoms with Crippen LogP contribution in [-0.2, 0) is 35.6 Å². The molecule has 37 heavy (non-hydrogen) atoms. The van der Waals surface area contributed by atoms with Gasteiger partial charge in [-0.3, -0.25) is 9.10 Å². The molecule has 0 heterocycles. The zero-order chi connectivity index (χ0) is 26.4. The van der Waals surface area contributed by atoms with Gasteiger partial charge in [-0.2, -0.15) is 13.2 Å². The van der Waals surface area contributed by atoms with Crippen molar-refractivity contribution in [3.63, 3.8) is 0 Å². The maximum absolute atomic E-state index is 13.0. The number of anilines is 2. The van der Waals surface area contributed by atoms with Crippen LogP contribution in [0.15, 0.2) is 78.9 Å². The van der Waals surface area contributed by atoms with E-state index in [1.54, 1.807) is 24.3 Å². The number of amides is 1. The zero-order valence-corrected chi connectivity index (χ0v) is 20.7. The molecule has 4 aromatic carbocycles. The molecular weight excluding hydrogens is 501 g/mol. The second kappa shape index (κ2) is 9.23. The SMILES string of the molecule is CS(=O)(=O)N(Cc1ccc(C(=O)Nc2ccc3c4c(cccc24)CC3)cc1)c1ccc(C(F)(F)F)cc1. The lowest BCUT2D eigenvalue weighted by Gasteiger charge is -2.23. The van der Waals surface area contributed by atoms with Crippen molar-refractivity contribution < 1.29 is 26.4 Å². The van der Waals surface area contributed by atoms with Gasteiger partial charge < -0.3 is 5.32 Å². The van der Waals surface area contributed by atoms with E-state index in [2.05, 4.69) is 11.4 Å². The number of nitrogens with zero attached hydrogens (tertiary/aromatic N) is 1.